The first-order valence-corrected chi connectivity index (χ1v) is 6.00. The van der Waals surface area contributed by atoms with E-state index in [4.69, 9.17) is 4.74 Å². The molecular formula is C14H18N2O2. The SMILES string of the molecule is COCC(C)NC(=O)c1c(C)[nH]c2ccccc12. The number of aryl methyl sites for hydroxylation is 1. The Bertz CT molecular complexity index is 560. The molecule has 4 nitrogen and oxygen atoms in total. The molecule has 0 aliphatic rings. The highest BCUT2D eigenvalue weighted by Crippen LogP contribution is 2.21. The molecular weight excluding hydrogens is 228 g/mol. The highest BCUT2D eigenvalue weighted by Gasteiger charge is 2.17. The van der Waals surface area contributed by atoms with Crippen molar-refractivity contribution in [3.63, 3.8) is 0 Å². The third-order valence-electron chi connectivity index (χ3n) is 2.91. The maximum Gasteiger partial charge on any atom is 0.254 e. The molecule has 18 heavy (non-hydrogen) atoms. The summed E-state index contributed by atoms with van der Waals surface area (Å²) in [6.45, 7) is 4.34. The Balaban J connectivity index is 2.30. The maximum atomic E-state index is 12.2. The van der Waals surface area contributed by atoms with E-state index in [1.807, 2.05) is 38.1 Å². The number of hydrogen-bond acceptors (Lipinski definition) is 2. The van der Waals surface area contributed by atoms with Crippen LogP contribution in [0.3, 0.4) is 0 Å². The van der Waals surface area contributed by atoms with E-state index in [1.54, 1.807) is 7.11 Å². The molecule has 0 spiro atoms. The second-order valence-electron chi connectivity index (χ2n) is 4.50. The van der Waals surface area contributed by atoms with Gasteiger partial charge in [0.2, 0.25) is 0 Å². The molecule has 0 saturated carbocycles. The first-order chi connectivity index (χ1) is 8.63. The van der Waals surface area contributed by atoms with Crippen LogP contribution in [0.1, 0.15) is 23.0 Å². The molecule has 0 saturated heterocycles. The molecule has 96 valence electrons. The quantitative estimate of drug-likeness (QED) is 0.869. The number of aromatic nitrogens is 1. The Morgan fingerprint density at radius 3 is 2.89 bits per heavy atom. The summed E-state index contributed by atoms with van der Waals surface area (Å²) in [5, 5.41) is 3.89. The van der Waals surface area contributed by atoms with Crippen LogP contribution in [0.2, 0.25) is 0 Å². The third kappa shape index (κ3) is 2.38. The fraction of sp³-hybridized carbons (Fsp3) is 0.357. The van der Waals surface area contributed by atoms with E-state index in [0.717, 1.165) is 16.6 Å². The number of carbonyl (C=O) groups excluding carboxylic acids is 1. The van der Waals surface area contributed by atoms with Crippen molar-refractivity contribution >= 4 is 16.8 Å². The molecule has 0 bridgehead atoms. The molecule has 0 radical (unpaired) electrons. The van der Waals surface area contributed by atoms with Gasteiger partial charge in [-0.25, -0.2) is 0 Å². The number of carbonyl (C=O) groups is 1. The second kappa shape index (κ2) is 5.23. The lowest BCUT2D eigenvalue weighted by molar-refractivity contribution is 0.0906. The molecule has 1 unspecified atom stereocenters. The van der Waals surface area contributed by atoms with Crippen molar-refractivity contribution < 1.29 is 9.53 Å². The van der Waals surface area contributed by atoms with Gasteiger partial charge in [0, 0.05) is 29.7 Å². The zero-order valence-corrected chi connectivity index (χ0v) is 10.9. The van der Waals surface area contributed by atoms with Crippen molar-refractivity contribution in [1.82, 2.24) is 10.3 Å². The summed E-state index contributed by atoms with van der Waals surface area (Å²) in [5.41, 5.74) is 2.59. The first kappa shape index (κ1) is 12.6. The Hall–Kier alpha value is -1.81. The average Bonchev–Trinajstić information content (AvgIpc) is 2.64. The highest BCUT2D eigenvalue weighted by atomic mass is 16.5. The number of fused-ring (bicyclic) bond motifs is 1. The normalized spacial score (nSPS) is 12.6. The Labute approximate surface area is 106 Å². The molecule has 1 atom stereocenters. The molecule has 2 aromatic rings. The molecule has 0 aliphatic carbocycles. The predicted molar refractivity (Wildman–Crippen MR) is 71.8 cm³/mol. The number of hydrogen-bond donors (Lipinski definition) is 2. The fourth-order valence-corrected chi connectivity index (χ4v) is 2.16. The Morgan fingerprint density at radius 1 is 1.44 bits per heavy atom. The van der Waals surface area contributed by atoms with Crippen LogP contribution >= 0.6 is 0 Å². The summed E-state index contributed by atoms with van der Waals surface area (Å²) in [6.07, 6.45) is 0. The van der Waals surface area contributed by atoms with Gasteiger partial charge in [0.25, 0.3) is 5.91 Å². The van der Waals surface area contributed by atoms with Crippen molar-refractivity contribution in [3.8, 4) is 0 Å². The molecule has 4 heteroatoms. The number of nitrogens with one attached hydrogen (secondary N) is 2. The Morgan fingerprint density at radius 2 is 2.17 bits per heavy atom. The van der Waals surface area contributed by atoms with Gasteiger partial charge in [-0.15, -0.1) is 0 Å². The van der Waals surface area contributed by atoms with Crippen LogP contribution in [-0.4, -0.2) is 30.6 Å². The minimum Gasteiger partial charge on any atom is -0.383 e. The summed E-state index contributed by atoms with van der Waals surface area (Å²) in [6, 6.07) is 7.81. The van der Waals surface area contributed by atoms with Crippen LogP contribution in [-0.2, 0) is 4.74 Å². The van der Waals surface area contributed by atoms with Crippen LogP contribution in [0.5, 0.6) is 0 Å². The van der Waals surface area contributed by atoms with E-state index < -0.39 is 0 Å². The lowest BCUT2D eigenvalue weighted by atomic mass is 10.1. The number of rotatable bonds is 4. The van der Waals surface area contributed by atoms with Crippen LogP contribution < -0.4 is 5.32 Å². The molecule has 2 N–H and O–H groups in total. The lowest BCUT2D eigenvalue weighted by Gasteiger charge is -2.12. The molecule has 1 aromatic carbocycles. The summed E-state index contributed by atoms with van der Waals surface area (Å²) in [4.78, 5) is 15.5. The van der Waals surface area contributed by atoms with E-state index in [9.17, 15) is 4.79 Å². The smallest absolute Gasteiger partial charge is 0.254 e. The number of benzene rings is 1. The van der Waals surface area contributed by atoms with Gasteiger partial charge < -0.3 is 15.0 Å². The van der Waals surface area contributed by atoms with E-state index in [1.165, 1.54) is 0 Å². The van der Waals surface area contributed by atoms with Crippen molar-refractivity contribution in [2.24, 2.45) is 0 Å². The van der Waals surface area contributed by atoms with Gasteiger partial charge in [-0.2, -0.15) is 0 Å². The van der Waals surface area contributed by atoms with E-state index in [0.29, 0.717) is 12.2 Å². The van der Waals surface area contributed by atoms with Crippen LogP contribution in [0.25, 0.3) is 10.9 Å². The monoisotopic (exact) mass is 246 g/mol. The van der Waals surface area contributed by atoms with Crippen LogP contribution in [0.15, 0.2) is 24.3 Å². The van der Waals surface area contributed by atoms with Gasteiger partial charge in [0.05, 0.1) is 12.2 Å². The van der Waals surface area contributed by atoms with Crippen molar-refractivity contribution in [2.45, 2.75) is 19.9 Å². The Kier molecular flexibility index (Phi) is 3.67. The molecule has 0 fully saturated rings. The molecule has 1 heterocycles. The number of para-hydroxylation sites is 1. The van der Waals surface area contributed by atoms with E-state index in [2.05, 4.69) is 10.3 Å². The van der Waals surface area contributed by atoms with Gasteiger partial charge in [-0.3, -0.25) is 4.79 Å². The maximum absolute atomic E-state index is 12.2. The van der Waals surface area contributed by atoms with E-state index >= 15 is 0 Å². The average molecular weight is 246 g/mol. The zero-order valence-electron chi connectivity index (χ0n) is 10.9. The molecule has 2 rings (SSSR count). The summed E-state index contributed by atoms with van der Waals surface area (Å²) < 4.78 is 5.02. The fourth-order valence-electron chi connectivity index (χ4n) is 2.16. The van der Waals surface area contributed by atoms with Crippen molar-refractivity contribution in [2.75, 3.05) is 13.7 Å². The largest absolute Gasteiger partial charge is 0.383 e. The molecule has 0 aliphatic heterocycles. The van der Waals surface area contributed by atoms with Gasteiger partial charge in [0.1, 0.15) is 0 Å². The molecule has 1 amide bonds. The summed E-state index contributed by atoms with van der Waals surface area (Å²) in [5.74, 6) is -0.0606. The second-order valence-corrected chi connectivity index (χ2v) is 4.50. The van der Waals surface area contributed by atoms with E-state index in [-0.39, 0.29) is 11.9 Å². The summed E-state index contributed by atoms with van der Waals surface area (Å²) in [7, 11) is 1.62. The first-order valence-electron chi connectivity index (χ1n) is 6.00. The van der Waals surface area contributed by atoms with Gasteiger partial charge in [0.15, 0.2) is 0 Å². The number of ether oxygens (including phenoxy) is 1. The van der Waals surface area contributed by atoms with Crippen molar-refractivity contribution in [3.05, 3.63) is 35.5 Å². The predicted octanol–water partition coefficient (Wildman–Crippen LogP) is 2.24. The van der Waals surface area contributed by atoms with Gasteiger partial charge in [-0.05, 0) is 19.9 Å². The number of methoxy groups -OCH3 is 1. The van der Waals surface area contributed by atoms with Gasteiger partial charge in [-0.1, -0.05) is 18.2 Å². The highest BCUT2D eigenvalue weighted by molar-refractivity contribution is 6.08. The summed E-state index contributed by atoms with van der Waals surface area (Å²) >= 11 is 0. The standard InChI is InChI=1S/C14H18N2O2/c1-9(8-18-3)15-14(17)13-10(2)16-12-7-5-4-6-11(12)13/h4-7,9,16H,8H2,1-3H3,(H,15,17). The minimum absolute atomic E-state index is 0.00411. The molecule has 1 aromatic heterocycles. The van der Waals surface area contributed by atoms with Gasteiger partial charge >= 0.3 is 0 Å². The lowest BCUT2D eigenvalue weighted by Crippen LogP contribution is -2.35. The third-order valence-corrected chi connectivity index (χ3v) is 2.91. The van der Waals surface area contributed by atoms with Crippen LogP contribution in [0, 0.1) is 6.92 Å². The topological polar surface area (TPSA) is 54.1 Å². The minimum atomic E-state index is -0.0606. The van der Waals surface area contributed by atoms with Crippen molar-refractivity contribution in [1.29, 1.82) is 0 Å². The number of aromatic amines is 1. The zero-order chi connectivity index (χ0) is 13.1. The number of H-pyrrole nitrogens is 1. The number of amides is 1. The van der Waals surface area contributed by atoms with Crippen LogP contribution in [0.4, 0.5) is 0 Å².